The summed E-state index contributed by atoms with van der Waals surface area (Å²) >= 11 is 0. The van der Waals surface area contributed by atoms with Crippen molar-refractivity contribution in [3.63, 3.8) is 0 Å². The number of piperidine rings is 1. The number of rotatable bonds is 6. The Kier molecular flexibility index (Phi) is 5.44. The van der Waals surface area contributed by atoms with Gasteiger partial charge in [0, 0.05) is 12.6 Å². The van der Waals surface area contributed by atoms with Gasteiger partial charge in [-0.3, -0.25) is 4.90 Å². The van der Waals surface area contributed by atoms with Crippen LogP contribution in [0.15, 0.2) is 24.3 Å². The molecule has 1 aromatic carbocycles. The van der Waals surface area contributed by atoms with Gasteiger partial charge in [-0.2, -0.15) is 0 Å². The van der Waals surface area contributed by atoms with Crippen molar-refractivity contribution in [2.45, 2.75) is 18.9 Å². The third-order valence-corrected chi connectivity index (χ3v) is 4.24. The average molecular weight is 314 g/mol. The monoisotopic (exact) mass is 314 g/mol. The molecule has 0 spiro atoms. The summed E-state index contributed by atoms with van der Waals surface area (Å²) in [7, 11) is -3.11. The van der Waals surface area contributed by atoms with Crippen LogP contribution in [0, 0.1) is 0 Å². The molecule has 0 saturated carbocycles. The van der Waals surface area contributed by atoms with Crippen molar-refractivity contribution in [2.24, 2.45) is 0 Å². The van der Waals surface area contributed by atoms with Gasteiger partial charge in [0.05, 0.1) is 6.26 Å². The number of aromatic hydroxyl groups is 1. The third kappa shape index (κ3) is 5.91. The molecular formula is C14H22N2O4S. The van der Waals surface area contributed by atoms with Crippen LogP contribution in [-0.4, -0.2) is 57.0 Å². The second-order valence-electron chi connectivity index (χ2n) is 5.35. The lowest BCUT2D eigenvalue weighted by Gasteiger charge is -2.31. The second-order valence-corrected chi connectivity index (χ2v) is 7.13. The molecule has 0 aromatic heterocycles. The average Bonchev–Trinajstić information content (AvgIpc) is 2.41. The van der Waals surface area contributed by atoms with Crippen LogP contribution in [-0.2, 0) is 10.0 Å². The molecule has 0 amide bonds. The Morgan fingerprint density at radius 3 is 2.48 bits per heavy atom. The van der Waals surface area contributed by atoms with Crippen molar-refractivity contribution in [2.75, 3.05) is 32.5 Å². The van der Waals surface area contributed by atoms with Crippen LogP contribution < -0.4 is 9.46 Å². The van der Waals surface area contributed by atoms with Crippen LogP contribution in [0.2, 0.25) is 0 Å². The van der Waals surface area contributed by atoms with Crippen LogP contribution in [0.25, 0.3) is 0 Å². The highest BCUT2D eigenvalue weighted by molar-refractivity contribution is 7.88. The molecular weight excluding hydrogens is 292 g/mol. The summed E-state index contributed by atoms with van der Waals surface area (Å²) in [5.41, 5.74) is 0. The number of phenolic OH excluding ortho intramolecular Hbond substituents is 1. The molecule has 1 heterocycles. The molecule has 6 nitrogen and oxygen atoms in total. The first-order valence-corrected chi connectivity index (χ1v) is 8.93. The van der Waals surface area contributed by atoms with Gasteiger partial charge in [-0.1, -0.05) is 0 Å². The number of sulfonamides is 1. The van der Waals surface area contributed by atoms with Gasteiger partial charge in [0.1, 0.15) is 18.1 Å². The Morgan fingerprint density at radius 1 is 1.29 bits per heavy atom. The molecule has 0 radical (unpaired) electrons. The number of ether oxygens (including phenoxy) is 1. The van der Waals surface area contributed by atoms with E-state index in [1.54, 1.807) is 24.3 Å². The minimum atomic E-state index is -3.11. The summed E-state index contributed by atoms with van der Waals surface area (Å²) in [4.78, 5) is 2.26. The molecule has 2 N–H and O–H groups in total. The van der Waals surface area contributed by atoms with Crippen LogP contribution in [0.4, 0.5) is 0 Å². The zero-order valence-corrected chi connectivity index (χ0v) is 13.0. The standard InChI is InChI=1S/C14H22N2O4S/c1-21(18,19)15-12-6-8-16(9-7-12)10-11-20-14-4-2-13(17)3-5-14/h2-5,12,15,17H,6-11H2,1H3. The van der Waals surface area contributed by atoms with Crippen molar-refractivity contribution in [1.29, 1.82) is 0 Å². The van der Waals surface area contributed by atoms with Gasteiger partial charge in [-0.05, 0) is 50.2 Å². The summed E-state index contributed by atoms with van der Waals surface area (Å²) in [6.07, 6.45) is 2.85. The SMILES string of the molecule is CS(=O)(=O)NC1CCN(CCOc2ccc(O)cc2)CC1. The Labute approximate surface area is 125 Å². The maximum Gasteiger partial charge on any atom is 0.208 e. The fraction of sp³-hybridized carbons (Fsp3) is 0.571. The molecule has 7 heteroatoms. The first kappa shape index (κ1) is 16.1. The van der Waals surface area contributed by atoms with E-state index in [0.29, 0.717) is 6.61 Å². The van der Waals surface area contributed by atoms with E-state index in [1.807, 2.05) is 0 Å². The van der Waals surface area contributed by atoms with Crippen molar-refractivity contribution >= 4 is 10.0 Å². The number of likely N-dealkylation sites (tertiary alicyclic amines) is 1. The Balaban J connectivity index is 1.66. The molecule has 2 rings (SSSR count). The quantitative estimate of drug-likeness (QED) is 0.811. The number of hydrogen-bond acceptors (Lipinski definition) is 5. The maximum absolute atomic E-state index is 11.2. The van der Waals surface area contributed by atoms with E-state index in [9.17, 15) is 13.5 Å². The Bertz CT molecular complexity index is 537. The third-order valence-electron chi connectivity index (χ3n) is 3.48. The lowest BCUT2D eigenvalue weighted by Crippen LogP contribution is -2.45. The number of nitrogens with zero attached hydrogens (tertiary/aromatic N) is 1. The Hall–Kier alpha value is -1.31. The van der Waals surface area contributed by atoms with Crippen LogP contribution >= 0.6 is 0 Å². The smallest absolute Gasteiger partial charge is 0.208 e. The van der Waals surface area contributed by atoms with Gasteiger partial charge in [0.15, 0.2) is 0 Å². The molecule has 1 aliphatic rings. The van der Waals surface area contributed by atoms with E-state index in [-0.39, 0.29) is 11.8 Å². The van der Waals surface area contributed by atoms with Gasteiger partial charge in [-0.15, -0.1) is 0 Å². The van der Waals surface area contributed by atoms with Gasteiger partial charge < -0.3 is 9.84 Å². The van der Waals surface area contributed by atoms with Crippen molar-refractivity contribution in [3.05, 3.63) is 24.3 Å². The topological polar surface area (TPSA) is 78.9 Å². The molecule has 0 atom stereocenters. The minimum Gasteiger partial charge on any atom is -0.508 e. The highest BCUT2D eigenvalue weighted by atomic mass is 32.2. The fourth-order valence-electron chi connectivity index (χ4n) is 2.41. The maximum atomic E-state index is 11.2. The minimum absolute atomic E-state index is 0.0502. The zero-order valence-electron chi connectivity index (χ0n) is 12.2. The number of nitrogens with one attached hydrogen (secondary N) is 1. The van der Waals surface area contributed by atoms with Crippen molar-refractivity contribution in [1.82, 2.24) is 9.62 Å². The molecule has 1 fully saturated rings. The first-order chi connectivity index (χ1) is 9.92. The number of benzene rings is 1. The zero-order chi connectivity index (χ0) is 15.3. The molecule has 0 aliphatic carbocycles. The van der Waals surface area contributed by atoms with Crippen LogP contribution in [0.3, 0.4) is 0 Å². The summed E-state index contributed by atoms with van der Waals surface area (Å²) < 4.78 is 30.6. The van der Waals surface area contributed by atoms with Crippen molar-refractivity contribution in [3.8, 4) is 11.5 Å². The van der Waals surface area contributed by atoms with E-state index >= 15 is 0 Å². The second kappa shape index (κ2) is 7.11. The van der Waals surface area contributed by atoms with Gasteiger partial charge in [-0.25, -0.2) is 13.1 Å². The predicted molar refractivity (Wildman–Crippen MR) is 81.0 cm³/mol. The summed E-state index contributed by atoms with van der Waals surface area (Å²) in [6.45, 7) is 3.12. The molecule has 1 aliphatic heterocycles. The van der Waals surface area contributed by atoms with Crippen molar-refractivity contribution < 1.29 is 18.3 Å². The molecule has 118 valence electrons. The summed E-state index contributed by atoms with van der Waals surface area (Å²) in [5.74, 6) is 0.962. The largest absolute Gasteiger partial charge is 0.508 e. The highest BCUT2D eigenvalue weighted by Crippen LogP contribution is 2.16. The summed E-state index contributed by atoms with van der Waals surface area (Å²) in [5, 5.41) is 9.18. The molecule has 1 saturated heterocycles. The molecule has 21 heavy (non-hydrogen) atoms. The van der Waals surface area contributed by atoms with E-state index in [2.05, 4.69) is 9.62 Å². The van der Waals surface area contributed by atoms with Crippen LogP contribution in [0.1, 0.15) is 12.8 Å². The highest BCUT2D eigenvalue weighted by Gasteiger charge is 2.21. The normalized spacial score (nSPS) is 17.8. The summed E-state index contributed by atoms with van der Waals surface area (Å²) in [6, 6.07) is 6.71. The lowest BCUT2D eigenvalue weighted by atomic mass is 10.1. The lowest BCUT2D eigenvalue weighted by molar-refractivity contribution is 0.170. The molecule has 0 bridgehead atoms. The van der Waals surface area contributed by atoms with E-state index < -0.39 is 10.0 Å². The van der Waals surface area contributed by atoms with Crippen LogP contribution in [0.5, 0.6) is 11.5 Å². The van der Waals surface area contributed by atoms with Gasteiger partial charge in [0.2, 0.25) is 10.0 Å². The molecule has 1 aromatic rings. The fourth-order valence-corrected chi connectivity index (χ4v) is 3.25. The van der Waals surface area contributed by atoms with E-state index in [1.165, 1.54) is 6.26 Å². The molecule has 0 unspecified atom stereocenters. The first-order valence-electron chi connectivity index (χ1n) is 7.04. The number of phenols is 1. The number of hydrogen-bond donors (Lipinski definition) is 2. The predicted octanol–water partition coefficient (Wildman–Crippen LogP) is 0.785. The van der Waals surface area contributed by atoms with Gasteiger partial charge in [0.25, 0.3) is 0 Å². The Morgan fingerprint density at radius 2 is 1.90 bits per heavy atom. The van der Waals surface area contributed by atoms with E-state index in [0.717, 1.165) is 38.2 Å². The van der Waals surface area contributed by atoms with Gasteiger partial charge >= 0.3 is 0 Å². The van der Waals surface area contributed by atoms with E-state index in [4.69, 9.17) is 4.74 Å².